The smallest absolute Gasteiger partial charge is 0.408 e. The van der Waals surface area contributed by atoms with E-state index in [0.717, 1.165) is 0 Å². The Balaban J connectivity index is 2.82. The van der Waals surface area contributed by atoms with E-state index < -0.39 is 34.6 Å². The van der Waals surface area contributed by atoms with Crippen LogP contribution < -0.4 is 5.32 Å². The Labute approximate surface area is 117 Å². The molecule has 1 rings (SSSR count). The zero-order valence-electron chi connectivity index (χ0n) is 12.4. The Hall–Kier alpha value is -1.79. The van der Waals surface area contributed by atoms with Gasteiger partial charge >= 0.3 is 18.0 Å². The molecule has 0 heterocycles. The van der Waals surface area contributed by atoms with Gasteiger partial charge in [-0.2, -0.15) is 0 Å². The molecule has 1 amide bonds. The molecule has 0 spiro atoms. The molecule has 0 aromatic heterocycles. The Kier molecular flexibility index (Phi) is 4.03. The summed E-state index contributed by atoms with van der Waals surface area (Å²) < 4.78 is 9.75. The minimum atomic E-state index is -1.33. The highest BCUT2D eigenvalue weighted by atomic mass is 16.6. The van der Waals surface area contributed by atoms with Gasteiger partial charge in [-0.3, -0.25) is 4.79 Å². The molecular weight excluding hydrogens is 266 g/mol. The highest BCUT2D eigenvalue weighted by Crippen LogP contribution is 2.49. The molecular formula is C13H21NO6. The fourth-order valence-electron chi connectivity index (χ4n) is 2.41. The molecule has 0 radical (unpaired) electrons. The second-order valence-electron chi connectivity index (χ2n) is 6.42. The summed E-state index contributed by atoms with van der Waals surface area (Å²) in [5, 5.41) is 11.6. The fraction of sp³-hybridized carbons (Fsp3) is 0.769. The maximum Gasteiger partial charge on any atom is 0.408 e. The van der Waals surface area contributed by atoms with Crippen LogP contribution in [-0.2, 0) is 19.1 Å². The van der Waals surface area contributed by atoms with E-state index in [-0.39, 0.29) is 12.8 Å². The van der Waals surface area contributed by atoms with Crippen molar-refractivity contribution in [1.82, 2.24) is 5.32 Å². The van der Waals surface area contributed by atoms with Crippen molar-refractivity contribution in [3.05, 3.63) is 0 Å². The van der Waals surface area contributed by atoms with E-state index in [2.05, 4.69) is 10.1 Å². The minimum Gasteiger partial charge on any atom is -0.481 e. The Morgan fingerprint density at radius 2 is 1.70 bits per heavy atom. The summed E-state index contributed by atoms with van der Waals surface area (Å²) >= 11 is 0. The number of alkyl carbamates (subject to hydrolysis) is 1. The van der Waals surface area contributed by atoms with E-state index in [0.29, 0.717) is 0 Å². The molecule has 0 atom stereocenters. The van der Waals surface area contributed by atoms with Crippen LogP contribution >= 0.6 is 0 Å². The largest absolute Gasteiger partial charge is 0.481 e. The van der Waals surface area contributed by atoms with Gasteiger partial charge in [0.15, 0.2) is 0 Å². The van der Waals surface area contributed by atoms with Crippen LogP contribution in [0.3, 0.4) is 0 Å². The Bertz CT molecular complexity index is 431. The Morgan fingerprint density at radius 1 is 1.20 bits per heavy atom. The van der Waals surface area contributed by atoms with E-state index in [1.165, 1.54) is 14.0 Å². The molecule has 7 heteroatoms. The first-order chi connectivity index (χ1) is 8.94. The predicted octanol–water partition coefficient (Wildman–Crippen LogP) is 1.31. The van der Waals surface area contributed by atoms with Gasteiger partial charge in [-0.15, -0.1) is 0 Å². The maximum atomic E-state index is 11.8. The summed E-state index contributed by atoms with van der Waals surface area (Å²) in [6.07, 6.45) is -0.821. The summed E-state index contributed by atoms with van der Waals surface area (Å²) in [5.74, 6) is -1.68. The summed E-state index contributed by atoms with van der Waals surface area (Å²) in [6, 6.07) is 0. The molecule has 1 aliphatic rings. The normalized spacial score (nSPS) is 29.1. The van der Waals surface area contributed by atoms with Crippen molar-refractivity contribution >= 4 is 18.0 Å². The summed E-state index contributed by atoms with van der Waals surface area (Å²) in [7, 11) is 1.19. The molecule has 0 aromatic carbocycles. The lowest BCUT2D eigenvalue weighted by Crippen LogP contribution is -2.68. The lowest BCUT2D eigenvalue weighted by atomic mass is 9.58. The van der Waals surface area contributed by atoms with Gasteiger partial charge in [0.25, 0.3) is 0 Å². The second kappa shape index (κ2) is 4.96. The lowest BCUT2D eigenvalue weighted by molar-refractivity contribution is -0.171. The van der Waals surface area contributed by atoms with E-state index in [4.69, 9.17) is 9.84 Å². The number of carboxylic acids is 1. The number of esters is 1. The molecule has 7 nitrogen and oxygen atoms in total. The Morgan fingerprint density at radius 3 is 2.05 bits per heavy atom. The number of aliphatic carboxylic acids is 1. The van der Waals surface area contributed by atoms with Gasteiger partial charge in [-0.25, -0.2) is 9.59 Å². The fourth-order valence-corrected chi connectivity index (χ4v) is 2.41. The minimum absolute atomic E-state index is 0.0265. The topological polar surface area (TPSA) is 102 Å². The molecule has 0 bridgehead atoms. The van der Waals surface area contributed by atoms with Gasteiger partial charge in [0.05, 0.1) is 12.5 Å². The number of hydrogen-bond acceptors (Lipinski definition) is 5. The zero-order chi connectivity index (χ0) is 15.8. The quantitative estimate of drug-likeness (QED) is 0.759. The third-order valence-electron chi connectivity index (χ3n) is 3.22. The molecule has 1 aliphatic carbocycles. The van der Waals surface area contributed by atoms with Gasteiger partial charge in [0.1, 0.15) is 11.1 Å². The number of rotatable bonds is 3. The first-order valence-corrected chi connectivity index (χ1v) is 6.27. The zero-order valence-corrected chi connectivity index (χ0v) is 12.4. The number of methoxy groups -OCH3 is 1. The number of carbonyl (C=O) groups excluding carboxylic acids is 2. The van der Waals surface area contributed by atoms with E-state index >= 15 is 0 Å². The number of carboxylic acid groups (broad SMARTS) is 1. The van der Waals surface area contributed by atoms with Crippen molar-refractivity contribution in [2.45, 2.75) is 51.7 Å². The monoisotopic (exact) mass is 287 g/mol. The van der Waals surface area contributed by atoms with Crippen LogP contribution in [0.5, 0.6) is 0 Å². The molecule has 0 saturated heterocycles. The molecule has 20 heavy (non-hydrogen) atoms. The number of hydrogen-bond donors (Lipinski definition) is 2. The molecule has 0 aromatic rings. The SMILES string of the molecule is COC(=O)C1(NC(=O)OC(C)(C)C)CC(C)(C(=O)O)C1. The van der Waals surface area contributed by atoms with E-state index in [9.17, 15) is 14.4 Å². The maximum absolute atomic E-state index is 11.8. The van der Waals surface area contributed by atoms with Crippen LogP contribution in [0.2, 0.25) is 0 Å². The first kappa shape index (κ1) is 16.3. The number of nitrogens with one attached hydrogen (secondary N) is 1. The molecule has 0 unspecified atom stereocenters. The van der Waals surface area contributed by atoms with Gasteiger partial charge < -0.3 is 19.9 Å². The average molecular weight is 287 g/mol. The van der Waals surface area contributed by atoms with Crippen LogP contribution in [0.15, 0.2) is 0 Å². The number of ether oxygens (including phenoxy) is 2. The molecule has 0 aliphatic heterocycles. The van der Waals surface area contributed by atoms with Crippen molar-refractivity contribution in [2.24, 2.45) is 5.41 Å². The molecule has 114 valence electrons. The highest BCUT2D eigenvalue weighted by Gasteiger charge is 2.62. The van der Waals surface area contributed by atoms with Gasteiger partial charge in [0.2, 0.25) is 0 Å². The number of amides is 1. The van der Waals surface area contributed by atoms with Gasteiger partial charge in [-0.1, -0.05) is 0 Å². The van der Waals surface area contributed by atoms with Gasteiger partial charge in [-0.05, 0) is 40.5 Å². The van der Waals surface area contributed by atoms with Crippen LogP contribution in [0, 0.1) is 5.41 Å². The van der Waals surface area contributed by atoms with Crippen molar-refractivity contribution in [2.75, 3.05) is 7.11 Å². The third-order valence-corrected chi connectivity index (χ3v) is 3.22. The summed E-state index contributed by atoms with van der Waals surface area (Å²) in [5.41, 5.74) is -3.09. The van der Waals surface area contributed by atoms with Crippen molar-refractivity contribution in [3.63, 3.8) is 0 Å². The lowest BCUT2D eigenvalue weighted by Gasteiger charge is -2.49. The second-order valence-corrected chi connectivity index (χ2v) is 6.42. The molecule has 1 saturated carbocycles. The van der Waals surface area contributed by atoms with E-state index in [1.54, 1.807) is 20.8 Å². The highest BCUT2D eigenvalue weighted by molar-refractivity contribution is 5.91. The summed E-state index contributed by atoms with van der Waals surface area (Å²) in [4.78, 5) is 34.7. The third kappa shape index (κ3) is 3.20. The number of carbonyl (C=O) groups is 3. The average Bonchev–Trinajstić information content (AvgIpc) is 2.22. The van der Waals surface area contributed by atoms with Crippen molar-refractivity contribution in [1.29, 1.82) is 0 Å². The molecule has 2 N–H and O–H groups in total. The standard InChI is InChI=1S/C13H21NO6/c1-11(2,3)20-10(18)14-13(9(17)19-5)6-12(4,7-13)8(15)16/h6-7H2,1-5H3,(H,14,18)(H,15,16). The van der Waals surface area contributed by atoms with Gasteiger partial charge in [0, 0.05) is 0 Å². The first-order valence-electron chi connectivity index (χ1n) is 6.27. The van der Waals surface area contributed by atoms with Crippen molar-refractivity contribution in [3.8, 4) is 0 Å². The van der Waals surface area contributed by atoms with Crippen LogP contribution in [0.1, 0.15) is 40.5 Å². The van der Waals surface area contributed by atoms with Crippen LogP contribution in [0.4, 0.5) is 4.79 Å². The molecule has 1 fully saturated rings. The summed E-state index contributed by atoms with van der Waals surface area (Å²) in [6.45, 7) is 6.60. The van der Waals surface area contributed by atoms with Crippen molar-refractivity contribution < 1.29 is 29.0 Å². The van der Waals surface area contributed by atoms with Crippen LogP contribution in [0.25, 0.3) is 0 Å². The van der Waals surface area contributed by atoms with Crippen LogP contribution in [-0.4, -0.2) is 41.4 Å². The predicted molar refractivity (Wildman–Crippen MR) is 69.1 cm³/mol. The van der Waals surface area contributed by atoms with E-state index in [1.807, 2.05) is 0 Å².